The summed E-state index contributed by atoms with van der Waals surface area (Å²) in [5.41, 5.74) is 0. The molecule has 0 spiro atoms. The average Bonchev–Trinajstić information content (AvgIpc) is 1.27. The Hall–Kier alpha value is 0.650. The van der Waals surface area contributed by atoms with E-state index in [1.54, 1.807) is 6.92 Å². The van der Waals surface area contributed by atoms with Crippen molar-refractivity contribution in [2.75, 3.05) is 13.6 Å². The third kappa shape index (κ3) is 6.65. The van der Waals surface area contributed by atoms with Crippen molar-refractivity contribution >= 4 is 22.9 Å². The van der Waals surface area contributed by atoms with Gasteiger partial charge in [0.15, 0.2) is 0 Å². The van der Waals surface area contributed by atoms with Gasteiger partial charge in [0.1, 0.15) is 0 Å². The van der Waals surface area contributed by atoms with Crippen LogP contribution in [-0.4, -0.2) is 27.9 Å². The van der Waals surface area contributed by atoms with Gasteiger partial charge in [-0.1, -0.05) is 0 Å². The predicted molar refractivity (Wildman–Crippen MR) is 38.3 cm³/mol. The molecule has 7 heavy (non-hydrogen) atoms. The lowest BCUT2D eigenvalue weighted by Gasteiger charge is -2.07. The lowest BCUT2D eigenvalue weighted by Crippen LogP contribution is -2.17. The molecule has 0 aromatic heterocycles. The molecule has 0 amide bonds. The number of aliphatic hydroxyl groups is 1. The van der Waals surface area contributed by atoms with Crippen LogP contribution in [0.3, 0.4) is 0 Å². The third-order valence-corrected chi connectivity index (χ3v) is 0.910. The Kier molecular flexibility index (Phi) is 3.96. The summed E-state index contributed by atoms with van der Waals surface area (Å²) in [6.45, 7) is 2.51. The highest BCUT2D eigenvalue weighted by Gasteiger charge is 1.95. The molecule has 3 heteroatoms. The van der Waals surface area contributed by atoms with Crippen molar-refractivity contribution in [3.05, 3.63) is 0 Å². The van der Waals surface area contributed by atoms with Gasteiger partial charge in [0.05, 0.1) is 6.10 Å². The van der Waals surface area contributed by atoms with Gasteiger partial charge in [-0.25, -0.2) is 3.11 Å². The highest BCUT2D eigenvalue weighted by atomic mass is 127. The molecule has 44 valence electrons. The van der Waals surface area contributed by atoms with E-state index in [1.165, 1.54) is 0 Å². The van der Waals surface area contributed by atoms with Crippen LogP contribution in [0.25, 0.3) is 0 Å². The van der Waals surface area contributed by atoms with E-state index < -0.39 is 0 Å². The van der Waals surface area contributed by atoms with Gasteiger partial charge in [-0.2, -0.15) is 0 Å². The summed E-state index contributed by atoms with van der Waals surface area (Å²) in [7, 11) is 1.92. The molecule has 0 heterocycles. The van der Waals surface area contributed by atoms with Gasteiger partial charge in [-0.3, -0.25) is 0 Å². The van der Waals surface area contributed by atoms with Gasteiger partial charge in [0, 0.05) is 29.4 Å². The fourth-order valence-corrected chi connectivity index (χ4v) is 0.934. The van der Waals surface area contributed by atoms with E-state index in [-0.39, 0.29) is 6.10 Å². The minimum absolute atomic E-state index is 0.207. The van der Waals surface area contributed by atoms with Crippen molar-refractivity contribution in [2.24, 2.45) is 0 Å². The first-order valence-corrected chi connectivity index (χ1v) is 3.14. The Morgan fingerprint density at radius 2 is 2.29 bits per heavy atom. The van der Waals surface area contributed by atoms with Crippen LogP contribution >= 0.6 is 22.9 Å². The number of likely N-dealkylation sites (N-methyl/N-ethyl adjacent to an activating group) is 1. The van der Waals surface area contributed by atoms with Crippen molar-refractivity contribution in [1.29, 1.82) is 0 Å². The van der Waals surface area contributed by atoms with Gasteiger partial charge < -0.3 is 5.11 Å². The van der Waals surface area contributed by atoms with E-state index in [2.05, 4.69) is 22.9 Å². The van der Waals surface area contributed by atoms with Gasteiger partial charge in [0.25, 0.3) is 0 Å². The molecule has 1 unspecified atom stereocenters. The largest absolute Gasteiger partial charge is 0.392 e. The molecule has 0 aliphatic rings. The van der Waals surface area contributed by atoms with E-state index in [9.17, 15) is 0 Å². The first-order chi connectivity index (χ1) is 3.13. The molecular weight excluding hydrogens is 205 g/mol. The number of hydrogen-bond donors (Lipinski definition) is 1. The number of rotatable bonds is 2. The number of aliphatic hydroxyl groups excluding tert-OH is 1. The zero-order valence-corrected chi connectivity index (χ0v) is 6.71. The van der Waals surface area contributed by atoms with Crippen LogP contribution in [0.1, 0.15) is 6.92 Å². The van der Waals surface area contributed by atoms with E-state index in [0.717, 1.165) is 6.54 Å². The summed E-state index contributed by atoms with van der Waals surface area (Å²) in [4.78, 5) is 0. The van der Waals surface area contributed by atoms with Crippen LogP contribution in [0.2, 0.25) is 0 Å². The fraction of sp³-hybridized carbons (Fsp3) is 1.00. The Bertz CT molecular complexity index is 41.0. The maximum Gasteiger partial charge on any atom is 0.0647 e. The highest BCUT2D eigenvalue weighted by molar-refractivity contribution is 14.1. The zero-order valence-electron chi connectivity index (χ0n) is 4.56. The number of nitrogens with zero attached hydrogens (tertiary/aromatic N) is 1. The second-order valence-electron chi connectivity index (χ2n) is 1.64. The SMILES string of the molecule is CC(O)CN(C)I. The topological polar surface area (TPSA) is 23.5 Å². The van der Waals surface area contributed by atoms with Crippen LogP contribution in [0.4, 0.5) is 0 Å². The lowest BCUT2D eigenvalue weighted by atomic mass is 10.4. The molecule has 0 saturated carbocycles. The van der Waals surface area contributed by atoms with Crippen molar-refractivity contribution in [3.8, 4) is 0 Å². The maximum absolute atomic E-state index is 8.68. The minimum Gasteiger partial charge on any atom is -0.392 e. The van der Waals surface area contributed by atoms with E-state index in [1.807, 2.05) is 10.2 Å². The average molecular weight is 215 g/mol. The summed E-state index contributed by atoms with van der Waals surface area (Å²) in [5, 5.41) is 8.68. The van der Waals surface area contributed by atoms with Gasteiger partial charge in [-0.15, -0.1) is 0 Å². The van der Waals surface area contributed by atoms with Crippen LogP contribution in [0.5, 0.6) is 0 Å². The second-order valence-corrected chi connectivity index (χ2v) is 3.28. The Morgan fingerprint density at radius 3 is 2.29 bits per heavy atom. The van der Waals surface area contributed by atoms with Crippen molar-refractivity contribution < 1.29 is 5.11 Å². The molecule has 1 atom stereocenters. The normalized spacial score (nSPS) is 15.0. The summed E-state index contributed by atoms with van der Waals surface area (Å²) >= 11 is 2.13. The van der Waals surface area contributed by atoms with Gasteiger partial charge in [-0.05, 0) is 14.0 Å². The molecule has 0 radical (unpaired) electrons. The molecule has 0 aromatic carbocycles. The summed E-state index contributed by atoms with van der Waals surface area (Å²) in [5.74, 6) is 0. The number of hydrogen-bond acceptors (Lipinski definition) is 2. The fourth-order valence-electron chi connectivity index (χ4n) is 0.364. The minimum atomic E-state index is -0.207. The first kappa shape index (κ1) is 7.65. The van der Waals surface area contributed by atoms with Crippen LogP contribution in [0, 0.1) is 0 Å². The van der Waals surface area contributed by atoms with Crippen molar-refractivity contribution in [3.63, 3.8) is 0 Å². The summed E-state index contributed by atoms with van der Waals surface area (Å²) in [6, 6.07) is 0. The smallest absolute Gasteiger partial charge is 0.0647 e. The van der Waals surface area contributed by atoms with Crippen LogP contribution in [0.15, 0.2) is 0 Å². The zero-order chi connectivity index (χ0) is 5.86. The molecule has 0 aliphatic heterocycles. The van der Waals surface area contributed by atoms with Crippen LogP contribution < -0.4 is 0 Å². The Labute approximate surface area is 58.0 Å². The summed E-state index contributed by atoms with van der Waals surface area (Å²) < 4.78 is 1.92. The molecule has 0 bridgehead atoms. The quantitative estimate of drug-likeness (QED) is 0.540. The highest BCUT2D eigenvalue weighted by Crippen LogP contribution is 1.93. The molecule has 0 rings (SSSR count). The lowest BCUT2D eigenvalue weighted by molar-refractivity contribution is 0.179. The van der Waals surface area contributed by atoms with E-state index in [0.29, 0.717) is 0 Å². The molecule has 0 fully saturated rings. The first-order valence-electron chi connectivity index (χ1n) is 2.18. The van der Waals surface area contributed by atoms with Crippen LogP contribution in [-0.2, 0) is 0 Å². The molecular formula is C4H10INO. The van der Waals surface area contributed by atoms with Crippen molar-refractivity contribution in [2.45, 2.75) is 13.0 Å². The number of halogens is 1. The standard InChI is InChI=1S/C4H10INO/c1-4(7)3-6(2)5/h4,7H,3H2,1-2H3. The maximum atomic E-state index is 8.68. The second kappa shape index (κ2) is 3.63. The van der Waals surface area contributed by atoms with E-state index in [4.69, 9.17) is 5.11 Å². The Morgan fingerprint density at radius 1 is 1.86 bits per heavy atom. The van der Waals surface area contributed by atoms with Crippen molar-refractivity contribution in [1.82, 2.24) is 3.11 Å². The molecule has 0 saturated heterocycles. The molecule has 0 aromatic rings. The van der Waals surface area contributed by atoms with E-state index >= 15 is 0 Å². The Balaban J connectivity index is 2.95. The molecule has 0 aliphatic carbocycles. The van der Waals surface area contributed by atoms with Gasteiger partial charge in [0.2, 0.25) is 0 Å². The summed E-state index contributed by atoms with van der Waals surface area (Å²) in [6.07, 6.45) is -0.207. The molecule has 2 nitrogen and oxygen atoms in total. The monoisotopic (exact) mass is 215 g/mol. The van der Waals surface area contributed by atoms with Gasteiger partial charge >= 0.3 is 0 Å². The third-order valence-electron chi connectivity index (χ3n) is 0.516. The molecule has 1 N–H and O–H groups in total. The predicted octanol–water partition coefficient (Wildman–Crippen LogP) is 0.649.